The van der Waals surface area contributed by atoms with Crippen molar-refractivity contribution in [3.63, 3.8) is 0 Å². The summed E-state index contributed by atoms with van der Waals surface area (Å²) < 4.78 is 5.76. The Morgan fingerprint density at radius 2 is 1.58 bits per heavy atom. The topological polar surface area (TPSA) is 59.0 Å². The third-order valence-electron chi connectivity index (χ3n) is 4.10. The number of amides is 1. The van der Waals surface area contributed by atoms with E-state index in [-0.39, 0.29) is 18.9 Å². The molecule has 126 valence electrons. The van der Waals surface area contributed by atoms with E-state index in [1.807, 2.05) is 60.7 Å². The summed E-state index contributed by atoms with van der Waals surface area (Å²) >= 11 is 0. The van der Waals surface area contributed by atoms with Gasteiger partial charge in [-0.15, -0.1) is 0 Å². The van der Waals surface area contributed by atoms with Crippen LogP contribution in [0.2, 0.25) is 0 Å². The lowest BCUT2D eigenvalue weighted by Crippen LogP contribution is -2.49. The lowest BCUT2D eigenvalue weighted by atomic mass is 10.1. The average molecular weight is 327 g/mol. The first-order valence-corrected chi connectivity index (χ1v) is 7.95. The summed E-state index contributed by atoms with van der Waals surface area (Å²) in [5, 5.41) is 11.7. The van der Waals surface area contributed by atoms with Crippen molar-refractivity contribution in [3.05, 3.63) is 71.8 Å². The molecule has 1 fully saturated rings. The fraction of sp³-hybridized carbons (Fsp3) is 0.316. The van der Waals surface area contributed by atoms with Crippen molar-refractivity contribution in [1.29, 1.82) is 0 Å². The Morgan fingerprint density at radius 1 is 1.04 bits per heavy atom. The molecule has 1 saturated heterocycles. The molecular formula is C19H21NO4. The number of hydroxylamine groups is 2. The highest BCUT2D eigenvalue weighted by atomic mass is 16.7. The third kappa shape index (κ3) is 3.64. The summed E-state index contributed by atoms with van der Waals surface area (Å²) in [6.45, 7) is 2.09. The number of carbonyl (C=O) groups excluding carboxylic acids is 1. The second kappa shape index (κ2) is 7.13. The molecule has 1 aliphatic rings. The van der Waals surface area contributed by atoms with Crippen LogP contribution in [0.3, 0.4) is 0 Å². The van der Waals surface area contributed by atoms with Gasteiger partial charge in [-0.3, -0.25) is 9.63 Å². The van der Waals surface area contributed by atoms with Gasteiger partial charge in [0.1, 0.15) is 12.7 Å². The molecule has 2 atom stereocenters. The van der Waals surface area contributed by atoms with Crippen LogP contribution in [0.1, 0.15) is 24.5 Å². The Bertz CT molecular complexity index is 672. The second-order valence-corrected chi connectivity index (χ2v) is 6.03. The van der Waals surface area contributed by atoms with Crippen molar-refractivity contribution in [2.45, 2.75) is 38.4 Å². The Labute approximate surface area is 141 Å². The van der Waals surface area contributed by atoms with Crippen LogP contribution in [0, 0.1) is 0 Å². The molecule has 2 aromatic carbocycles. The molecule has 0 aromatic heterocycles. The Balaban J connectivity index is 1.61. The van der Waals surface area contributed by atoms with E-state index in [4.69, 9.17) is 9.57 Å². The van der Waals surface area contributed by atoms with Gasteiger partial charge in [0.15, 0.2) is 5.72 Å². The maximum Gasteiger partial charge on any atom is 0.251 e. The highest BCUT2D eigenvalue weighted by Gasteiger charge is 2.50. The highest BCUT2D eigenvalue weighted by molar-refractivity contribution is 5.79. The van der Waals surface area contributed by atoms with E-state index in [0.29, 0.717) is 6.61 Å². The van der Waals surface area contributed by atoms with E-state index in [9.17, 15) is 9.90 Å². The molecule has 3 rings (SSSR count). The van der Waals surface area contributed by atoms with Gasteiger partial charge in [0, 0.05) is 0 Å². The maximum atomic E-state index is 12.2. The fourth-order valence-corrected chi connectivity index (χ4v) is 2.72. The normalized spacial score (nSPS) is 23.7. The third-order valence-corrected chi connectivity index (χ3v) is 4.10. The van der Waals surface area contributed by atoms with Crippen molar-refractivity contribution in [1.82, 2.24) is 5.06 Å². The first-order chi connectivity index (χ1) is 11.6. The van der Waals surface area contributed by atoms with Crippen LogP contribution < -0.4 is 0 Å². The molecule has 5 nitrogen and oxygen atoms in total. The van der Waals surface area contributed by atoms with Crippen molar-refractivity contribution in [2.75, 3.05) is 0 Å². The minimum Gasteiger partial charge on any atom is -0.368 e. The number of hydrogen-bond donors (Lipinski definition) is 1. The summed E-state index contributed by atoms with van der Waals surface area (Å²) in [7, 11) is 0. The molecule has 1 amide bonds. The van der Waals surface area contributed by atoms with Crippen LogP contribution in [0.25, 0.3) is 0 Å². The number of rotatable bonds is 6. The first kappa shape index (κ1) is 16.6. The molecule has 1 aliphatic heterocycles. The van der Waals surface area contributed by atoms with Crippen LogP contribution in [-0.2, 0) is 27.6 Å². The number of aliphatic hydroxyl groups is 1. The summed E-state index contributed by atoms with van der Waals surface area (Å²) in [5.41, 5.74) is 0.417. The Morgan fingerprint density at radius 3 is 2.17 bits per heavy atom. The molecule has 1 N–H and O–H groups in total. The minimum absolute atomic E-state index is 0.0919. The maximum absolute atomic E-state index is 12.2. The minimum atomic E-state index is -1.50. The van der Waals surface area contributed by atoms with Crippen LogP contribution in [-0.4, -0.2) is 27.9 Å². The molecule has 5 heteroatoms. The van der Waals surface area contributed by atoms with Gasteiger partial charge in [0.05, 0.1) is 13.0 Å². The number of hydrogen-bond acceptors (Lipinski definition) is 4. The zero-order chi connectivity index (χ0) is 17.0. The second-order valence-electron chi connectivity index (χ2n) is 6.03. The van der Waals surface area contributed by atoms with Crippen LogP contribution in [0.5, 0.6) is 0 Å². The van der Waals surface area contributed by atoms with Gasteiger partial charge in [-0.25, -0.2) is 0 Å². The first-order valence-electron chi connectivity index (χ1n) is 7.95. The fourth-order valence-electron chi connectivity index (χ4n) is 2.72. The number of carbonyl (C=O) groups is 1. The van der Waals surface area contributed by atoms with E-state index in [1.165, 1.54) is 0 Å². The molecule has 0 bridgehead atoms. The van der Waals surface area contributed by atoms with E-state index >= 15 is 0 Å². The largest absolute Gasteiger partial charge is 0.368 e. The van der Waals surface area contributed by atoms with Gasteiger partial charge >= 0.3 is 0 Å². The van der Waals surface area contributed by atoms with E-state index in [1.54, 1.807) is 6.92 Å². The molecule has 24 heavy (non-hydrogen) atoms. The summed E-state index contributed by atoms with van der Waals surface area (Å²) in [6.07, 6.45) is -0.546. The molecule has 0 spiro atoms. The zero-order valence-electron chi connectivity index (χ0n) is 13.6. The highest BCUT2D eigenvalue weighted by Crippen LogP contribution is 2.31. The quantitative estimate of drug-likeness (QED) is 0.886. The van der Waals surface area contributed by atoms with Gasteiger partial charge in [-0.2, -0.15) is 5.06 Å². The predicted molar refractivity (Wildman–Crippen MR) is 88.3 cm³/mol. The van der Waals surface area contributed by atoms with Crippen LogP contribution >= 0.6 is 0 Å². The van der Waals surface area contributed by atoms with Gasteiger partial charge < -0.3 is 9.84 Å². The number of nitrogens with zero attached hydrogens (tertiary/aromatic N) is 1. The summed E-state index contributed by atoms with van der Waals surface area (Å²) in [6, 6.07) is 19.2. The zero-order valence-corrected chi connectivity index (χ0v) is 13.6. The monoisotopic (exact) mass is 327 g/mol. The van der Waals surface area contributed by atoms with Crippen molar-refractivity contribution in [2.24, 2.45) is 0 Å². The van der Waals surface area contributed by atoms with Crippen LogP contribution in [0.4, 0.5) is 0 Å². The predicted octanol–water partition coefficient (Wildman–Crippen LogP) is 2.64. The molecule has 0 saturated carbocycles. The molecule has 0 unspecified atom stereocenters. The van der Waals surface area contributed by atoms with E-state index < -0.39 is 11.8 Å². The Hall–Kier alpha value is -2.21. The van der Waals surface area contributed by atoms with Crippen molar-refractivity contribution < 1.29 is 19.5 Å². The summed E-state index contributed by atoms with van der Waals surface area (Å²) in [5.74, 6) is -0.283. The number of benzene rings is 2. The lowest BCUT2D eigenvalue weighted by molar-refractivity contribution is -0.284. The molecule has 0 aliphatic carbocycles. The van der Waals surface area contributed by atoms with Gasteiger partial charge in [-0.05, 0) is 18.1 Å². The van der Waals surface area contributed by atoms with Gasteiger partial charge in [0.2, 0.25) is 0 Å². The van der Waals surface area contributed by atoms with Gasteiger partial charge in [0.25, 0.3) is 5.91 Å². The van der Waals surface area contributed by atoms with Crippen molar-refractivity contribution in [3.8, 4) is 0 Å². The van der Waals surface area contributed by atoms with E-state index in [2.05, 4.69) is 0 Å². The van der Waals surface area contributed by atoms with Crippen molar-refractivity contribution >= 4 is 5.91 Å². The standard InChI is InChI=1S/C19H21NO4/c1-19(22)17(23-13-15-8-4-2-5-9-15)12-18(21)20(19)24-14-16-10-6-3-7-11-16/h2-11,17,22H,12-14H2,1H3/t17-,19+/m1/s1. The average Bonchev–Trinajstić information content (AvgIpc) is 2.81. The smallest absolute Gasteiger partial charge is 0.251 e. The van der Waals surface area contributed by atoms with E-state index in [0.717, 1.165) is 16.2 Å². The number of ether oxygens (including phenoxy) is 1. The molecular weight excluding hydrogens is 306 g/mol. The SMILES string of the molecule is C[C@]1(O)[C@H](OCc2ccccc2)CC(=O)N1OCc1ccccc1. The lowest BCUT2D eigenvalue weighted by Gasteiger charge is -2.32. The van der Waals surface area contributed by atoms with Crippen LogP contribution in [0.15, 0.2) is 60.7 Å². The molecule has 1 heterocycles. The molecule has 0 radical (unpaired) electrons. The molecule has 2 aromatic rings. The Kier molecular flexibility index (Phi) is 4.94. The van der Waals surface area contributed by atoms with Gasteiger partial charge in [-0.1, -0.05) is 60.7 Å². The summed E-state index contributed by atoms with van der Waals surface area (Å²) in [4.78, 5) is 17.7.